The molecule has 13 heavy (non-hydrogen) atoms. The molecule has 0 radical (unpaired) electrons. The second-order valence-electron chi connectivity index (χ2n) is 3.42. The molecule has 4 nitrogen and oxygen atoms in total. The molecule has 1 rings (SSSR count). The highest BCUT2D eigenvalue weighted by Gasteiger charge is 2.18. The summed E-state index contributed by atoms with van der Waals surface area (Å²) in [5.41, 5.74) is 0. The van der Waals surface area contributed by atoms with E-state index in [0.717, 1.165) is 26.1 Å². The van der Waals surface area contributed by atoms with Crippen LogP contribution in [-0.2, 0) is 9.53 Å². The maximum atomic E-state index is 11.2. The maximum Gasteiger partial charge on any atom is 0.236 e. The van der Waals surface area contributed by atoms with Crippen molar-refractivity contribution >= 4 is 5.91 Å². The zero-order chi connectivity index (χ0) is 9.68. The number of likely N-dealkylation sites (N-methyl/N-ethyl adjacent to an activating group) is 1. The second kappa shape index (κ2) is 5.19. The van der Waals surface area contributed by atoms with Crippen molar-refractivity contribution in [3.05, 3.63) is 0 Å². The summed E-state index contributed by atoms with van der Waals surface area (Å²) in [4.78, 5) is 11.2. The van der Waals surface area contributed by atoms with Gasteiger partial charge in [0.2, 0.25) is 5.91 Å². The van der Waals surface area contributed by atoms with Gasteiger partial charge in [0, 0.05) is 19.7 Å². The summed E-state index contributed by atoms with van der Waals surface area (Å²) in [7, 11) is 1.65. The lowest BCUT2D eigenvalue weighted by molar-refractivity contribution is -0.122. The Morgan fingerprint density at radius 1 is 1.62 bits per heavy atom. The van der Waals surface area contributed by atoms with Crippen molar-refractivity contribution in [2.24, 2.45) is 0 Å². The van der Waals surface area contributed by atoms with Gasteiger partial charge in [0.15, 0.2) is 0 Å². The number of hydrogen-bond donors (Lipinski definition) is 2. The molecule has 0 aliphatic carbocycles. The van der Waals surface area contributed by atoms with Crippen molar-refractivity contribution in [3.8, 4) is 0 Å². The Balaban J connectivity index is 2.25. The molecule has 1 aliphatic rings. The molecule has 0 saturated carbocycles. The average Bonchev–Trinajstić information content (AvgIpc) is 2.18. The standard InChI is InChI=1S/C9H18N2O2/c1-7(9(12)10-2)11-8-4-3-5-13-6-8/h7-8,11H,3-6H2,1-2H3,(H,10,12)/t7-,8?/m1/s1. The molecule has 1 unspecified atom stereocenters. The fourth-order valence-corrected chi connectivity index (χ4v) is 1.52. The largest absolute Gasteiger partial charge is 0.380 e. The Morgan fingerprint density at radius 2 is 2.38 bits per heavy atom. The van der Waals surface area contributed by atoms with Crippen molar-refractivity contribution < 1.29 is 9.53 Å². The molecule has 1 aliphatic heterocycles. The number of amides is 1. The zero-order valence-electron chi connectivity index (χ0n) is 8.30. The third-order valence-electron chi connectivity index (χ3n) is 2.29. The van der Waals surface area contributed by atoms with E-state index in [0.29, 0.717) is 6.04 Å². The molecule has 0 aromatic rings. The third-order valence-corrected chi connectivity index (χ3v) is 2.29. The first-order valence-corrected chi connectivity index (χ1v) is 4.79. The van der Waals surface area contributed by atoms with Crippen LogP contribution in [0.1, 0.15) is 19.8 Å². The van der Waals surface area contributed by atoms with E-state index in [2.05, 4.69) is 10.6 Å². The van der Waals surface area contributed by atoms with Gasteiger partial charge in [-0.15, -0.1) is 0 Å². The molecule has 1 heterocycles. The highest BCUT2D eigenvalue weighted by molar-refractivity contribution is 5.80. The van der Waals surface area contributed by atoms with E-state index in [1.54, 1.807) is 7.05 Å². The predicted octanol–water partition coefficient (Wildman–Crippen LogP) is -0.111. The fraction of sp³-hybridized carbons (Fsp3) is 0.889. The lowest BCUT2D eigenvalue weighted by Crippen LogP contribution is -2.48. The van der Waals surface area contributed by atoms with Gasteiger partial charge in [-0.2, -0.15) is 0 Å². The summed E-state index contributed by atoms with van der Waals surface area (Å²) in [6.07, 6.45) is 2.18. The molecule has 2 atom stereocenters. The first-order valence-electron chi connectivity index (χ1n) is 4.79. The minimum absolute atomic E-state index is 0.0329. The van der Waals surface area contributed by atoms with E-state index >= 15 is 0 Å². The molecule has 1 saturated heterocycles. The van der Waals surface area contributed by atoms with E-state index in [9.17, 15) is 4.79 Å². The molecule has 1 fully saturated rings. The van der Waals surface area contributed by atoms with Crippen LogP contribution in [0.5, 0.6) is 0 Å². The summed E-state index contributed by atoms with van der Waals surface area (Å²) in [5.74, 6) is 0.0329. The molecular formula is C9H18N2O2. The zero-order valence-corrected chi connectivity index (χ0v) is 8.30. The monoisotopic (exact) mass is 186 g/mol. The summed E-state index contributed by atoms with van der Waals surface area (Å²) in [6, 6.07) is 0.206. The van der Waals surface area contributed by atoms with Gasteiger partial charge in [0.1, 0.15) is 0 Å². The van der Waals surface area contributed by atoms with Crippen LogP contribution >= 0.6 is 0 Å². The minimum Gasteiger partial charge on any atom is -0.380 e. The molecule has 0 aromatic heterocycles. The van der Waals surface area contributed by atoms with E-state index in [4.69, 9.17) is 4.74 Å². The third kappa shape index (κ3) is 3.32. The Kier molecular flexibility index (Phi) is 4.18. The van der Waals surface area contributed by atoms with E-state index in [1.807, 2.05) is 6.92 Å². The van der Waals surface area contributed by atoms with Crippen molar-refractivity contribution in [2.45, 2.75) is 31.8 Å². The molecule has 1 amide bonds. The van der Waals surface area contributed by atoms with Crippen LogP contribution in [-0.4, -0.2) is 38.3 Å². The normalized spacial score (nSPS) is 25.2. The van der Waals surface area contributed by atoms with Gasteiger partial charge in [-0.1, -0.05) is 0 Å². The summed E-state index contributed by atoms with van der Waals surface area (Å²) < 4.78 is 5.30. The van der Waals surface area contributed by atoms with Gasteiger partial charge in [0.25, 0.3) is 0 Å². The topological polar surface area (TPSA) is 50.4 Å². The van der Waals surface area contributed by atoms with Crippen molar-refractivity contribution in [1.29, 1.82) is 0 Å². The van der Waals surface area contributed by atoms with E-state index in [1.165, 1.54) is 0 Å². The second-order valence-corrected chi connectivity index (χ2v) is 3.42. The number of ether oxygens (including phenoxy) is 1. The smallest absolute Gasteiger partial charge is 0.236 e. The SMILES string of the molecule is CNC(=O)[C@@H](C)NC1CCCOC1. The first kappa shape index (κ1) is 10.5. The van der Waals surface area contributed by atoms with Crippen LogP contribution < -0.4 is 10.6 Å². The van der Waals surface area contributed by atoms with Crippen LogP contribution in [0.4, 0.5) is 0 Å². The molecule has 2 N–H and O–H groups in total. The van der Waals surface area contributed by atoms with Crippen molar-refractivity contribution in [3.63, 3.8) is 0 Å². The van der Waals surface area contributed by atoms with Crippen LogP contribution in [0.25, 0.3) is 0 Å². The number of nitrogens with one attached hydrogen (secondary N) is 2. The summed E-state index contributed by atoms with van der Waals surface area (Å²) in [5, 5.41) is 5.84. The average molecular weight is 186 g/mol. The highest BCUT2D eigenvalue weighted by atomic mass is 16.5. The summed E-state index contributed by atoms with van der Waals surface area (Å²) >= 11 is 0. The summed E-state index contributed by atoms with van der Waals surface area (Å²) in [6.45, 7) is 3.45. The molecule has 0 spiro atoms. The molecular weight excluding hydrogens is 168 g/mol. The number of hydrogen-bond acceptors (Lipinski definition) is 3. The number of carbonyl (C=O) groups excluding carboxylic acids is 1. The van der Waals surface area contributed by atoms with Gasteiger partial charge in [-0.25, -0.2) is 0 Å². The number of rotatable bonds is 3. The predicted molar refractivity (Wildman–Crippen MR) is 50.5 cm³/mol. The van der Waals surface area contributed by atoms with E-state index in [-0.39, 0.29) is 11.9 Å². The van der Waals surface area contributed by atoms with Gasteiger partial charge in [-0.05, 0) is 19.8 Å². The highest BCUT2D eigenvalue weighted by Crippen LogP contribution is 2.06. The van der Waals surface area contributed by atoms with E-state index < -0.39 is 0 Å². The molecule has 4 heteroatoms. The van der Waals surface area contributed by atoms with Crippen LogP contribution in [0, 0.1) is 0 Å². The fourth-order valence-electron chi connectivity index (χ4n) is 1.52. The van der Waals surface area contributed by atoms with Crippen LogP contribution in [0.15, 0.2) is 0 Å². The number of carbonyl (C=O) groups is 1. The first-order chi connectivity index (χ1) is 6.24. The van der Waals surface area contributed by atoms with Gasteiger partial charge in [-0.3, -0.25) is 4.79 Å². The van der Waals surface area contributed by atoms with Crippen molar-refractivity contribution in [2.75, 3.05) is 20.3 Å². The van der Waals surface area contributed by atoms with Crippen LogP contribution in [0.3, 0.4) is 0 Å². The quantitative estimate of drug-likeness (QED) is 0.646. The Morgan fingerprint density at radius 3 is 2.92 bits per heavy atom. The molecule has 0 aromatic carbocycles. The minimum atomic E-state index is -0.128. The van der Waals surface area contributed by atoms with Crippen LogP contribution in [0.2, 0.25) is 0 Å². The Hall–Kier alpha value is -0.610. The molecule has 76 valence electrons. The van der Waals surface area contributed by atoms with Gasteiger partial charge in [0.05, 0.1) is 12.6 Å². The lowest BCUT2D eigenvalue weighted by atomic mass is 10.1. The Bertz CT molecular complexity index is 167. The van der Waals surface area contributed by atoms with Gasteiger partial charge >= 0.3 is 0 Å². The maximum absolute atomic E-state index is 11.2. The molecule has 0 bridgehead atoms. The lowest BCUT2D eigenvalue weighted by Gasteiger charge is -2.25. The Labute approximate surface area is 79.0 Å². The van der Waals surface area contributed by atoms with Crippen molar-refractivity contribution in [1.82, 2.24) is 10.6 Å². The van der Waals surface area contributed by atoms with Gasteiger partial charge < -0.3 is 15.4 Å².